The summed E-state index contributed by atoms with van der Waals surface area (Å²) in [5.41, 5.74) is 0.999. The Morgan fingerprint density at radius 1 is 1.38 bits per heavy atom. The fourth-order valence-electron chi connectivity index (χ4n) is 1.32. The number of carbonyl (C=O) groups excluding carboxylic acids is 1. The number of halogens is 3. The predicted molar refractivity (Wildman–Crippen MR) is 65.3 cm³/mol. The number of hydrogen-bond donors (Lipinski definition) is 2. The summed E-state index contributed by atoms with van der Waals surface area (Å²) in [6, 6.07) is 5.67. The predicted octanol–water partition coefficient (Wildman–Crippen LogP) is 2.61. The molecule has 1 aromatic rings. The van der Waals surface area contributed by atoms with E-state index in [9.17, 15) is 18.0 Å². The molecular weight excluding hydrogens is 289 g/mol. The van der Waals surface area contributed by atoms with Gasteiger partial charge in [-0.2, -0.15) is 18.4 Å². The number of amides is 1. The summed E-state index contributed by atoms with van der Waals surface area (Å²) in [5, 5.41) is 17.6. The maximum atomic E-state index is 12.3. The summed E-state index contributed by atoms with van der Waals surface area (Å²) in [5.74, 6) is -1.41. The minimum Gasteiger partial charge on any atom is -0.511 e. The zero-order valence-electron chi connectivity index (χ0n) is 10.9. The van der Waals surface area contributed by atoms with Crippen LogP contribution in [0.1, 0.15) is 18.1 Å². The fourth-order valence-corrected chi connectivity index (χ4v) is 1.32. The molecule has 21 heavy (non-hydrogen) atoms. The van der Waals surface area contributed by atoms with Crippen LogP contribution in [0.4, 0.5) is 13.2 Å². The number of aliphatic hydroxyl groups excluding tert-OH is 1. The molecule has 0 aliphatic carbocycles. The van der Waals surface area contributed by atoms with Gasteiger partial charge in [0, 0.05) is 0 Å². The van der Waals surface area contributed by atoms with Crippen LogP contribution in [-0.4, -0.2) is 11.0 Å². The molecule has 0 aliphatic rings. The third-order valence-corrected chi connectivity index (χ3v) is 2.39. The van der Waals surface area contributed by atoms with Crippen LogP contribution < -0.4 is 5.48 Å². The van der Waals surface area contributed by atoms with E-state index in [1.165, 1.54) is 18.2 Å². The van der Waals surface area contributed by atoms with Gasteiger partial charge in [0.2, 0.25) is 0 Å². The van der Waals surface area contributed by atoms with Crippen molar-refractivity contribution in [2.24, 2.45) is 0 Å². The van der Waals surface area contributed by atoms with Crippen molar-refractivity contribution in [3.8, 4) is 6.07 Å². The van der Waals surface area contributed by atoms with Gasteiger partial charge in [-0.1, -0.05) is 12.1 Å². The lowest BCUT2D eigenvalue weighted by atomic mass is 10.1. The molecule has 0 unspecified atom stereocenters. The number of nitrogens with one attached hydrogen (secondary N) is 1. The standard InChI is InChI=1S/C13H11F3N2O3/c1-8(19)11(6-17)12(20)18-21-7-9-2-4-10(5-3-9)13(14,15)16/h2-5,19H,7H2,1H3,(H,18,20)/b11-8+. The summed E-state index contributed by atoms with van der Waals surface area (Å²) in [6.07, 6.45) is -4.42. The highest BCUT2D eigenvalue weighted by atomic mass is 19.4. The van der Waals surface area contributed by atoms with E-state index in [0.717, 1.165) is 19.1 Å². The number of hydroxylamine groups is 1. The summed E-state index contributed by atoms with van der Waals surface area (Å²) < 4.78 is 37.0. The maximum absolute atomic E-state index is 12.3. The number of carbonyl (C=O) groups is 1. The number of nitriles is 1. The number of rotatable bonds is 4. The largest absolute Gasteiger partial charge is 0.511 e. The lowest BCUT2D eigenvalue weighted by Gasteiger charge is -2.08. The molecule has 0 aliphatic heterocycles. The average Bonchev–Trinajstić information content (AvgIpc) is 2.38. The number of benzene rings is 1. The Morgan fingerprint density at radius 3 is 2.38 bits per heavy atom. The number of hydrogen-bond acceptors (Lipinski definition) is 4. The highest BCUT2D eigenvalue weighted by Crippen LogP contribution is 2.29. The zero-order chi connectivity index (χ0) is 16.0. The first-order chi connectivity index (χ1) is 9.75. The van der Waals surface area contributed by atoms with Crippen LogP contribution in [0.5, 0.6) is 0 Å². The van der Waals surface area contributed by atoms with Gasteiger partial charge in [-0.05, 0) is 24.6 Å². The number of aliphatic hydroxyl groups is 1. The Hall–Kier alpha value is -2.53. The normalized spacial score (nSPS) is 12.3. The Morgan fingerprint density at radius 2 is 1.95 bits per heavy atom. The molecule has 0 saturated heterocycles. The fraction of sp³-hybridized carbons (Fsp3) is 0.231. The van der Waals surface area contributed by atoms with Crippen LogP contribution in [0.25, 0.3) is 0 Å². The van der Waals surface area contributed by atoms with Crippen molar-refractivity contribution >= 4 is 5.91 Å². The van der Waals surface area contributed by atoms with Gasteiger partial charge in [0.05, 0.1) is 12.2 Å². The summed E-state index contributed by atoms with van der Waals surface area (Å²) >= 11 is 0. The Labute approximate surface area is 118 Å². The van der Waals surface area contributed by atoms with Crippen molar-refractivity contribution in [3.05, 3.63) is 46.7 Å². The Balaban J connectivity index is 2.56. The SMILES string of the molecule is C/C(O)=C(/C#N)C(=O)NOCc1ccc(C(F)(F)F)cc1. The molecule has 0 spiro atoms. The number of alkyl halides is 3. The quantitative estimate of drug-likeness (QED) is 0.387. The Kier molecular flexibility index (Phi) is 5.32. The first-order valence-corrected chi connectivity index (χ1v) is 5.64. The summed E-state index contributed by atoms with van der Waals surface area (Å²) in [7, 11) is 0. The minimum atomic E-state index is -4.42. The van der Waals surface area contributed by atoms with Crippen LogP contribution in [0.2, 0.25) is 0 Å². The minimum absolute atomic E-state index is 0.187. The third-order valence-electron chi connectivity index (χ3n) is 2.39. The van der Waals surface area contributed by atoms with Gasteiger partial charge in [-0.25, -0.2) is 5.48 Å². The van der Waals surface area contributed by atoms with E-state index >= 15 is 0 Å². The molecule has 1 aromatic carbocycles. The molecule has 8 heteroatoms. The van der Waals surface area contributed by atoms with Gasteiger partial charge in [0.15, 0.2) is 5.57 Å². The van der Waals surface area contributed by atoms with Gasteiger partial charge in [0.25, 0.3) is 5.91 Å². The van der Waals surface area contributed by atoms with Crippen molar-refractivity contribution in [3.63, 3.8) is 0 Å². The van der Waals surface area contributed by atoms with E-state index in [4.69, 9.17) is 15.2 Å². The first kappa shape index (κ1) is 16.5. The van der Waals surface area contributed by atoms with Gasteiger partial charge in [-0.3, -0.25) is 9.63 Å². The number of allylic oxidation sites excluding steroid dienone is 1. The lowest BCUT2D eigenvalue weighted by molar-refractivity contribution is -0.137. The second-order valence-electron chi connectivity index (χ2n) is 3.99. The molecule has 112 valence electrons. The molecule has 0 bridgehead atoms. The lowest BCUT2D eigenvalue weighted by Crippen LogP contribution is -2.25. The molecule has 0 radical (unpaired) electrons. The van der Waals surface area contributed by atoms with Gasteiger partial charge >= 0.3 is 6.18 Å². The molecule has 0 atom stereocenters. The van der Waals surface area contributed by atoms with Crippen molar-refractivity contribution in [1.29, 1.82) is 5.26 Å². The Bertz CT molecular complexity index is 582. The molecule has 1 amide bonds. The molecule has 0 aromatic heterocycles. The zero-order valence-corrected chi connectivity index (χ0v) is 10.9. The van der Waals surface area contributed by atoms with E-state index in [1.807, 2.05) is 5.48 Å². The second-order valence-corrected chi connectivity index (χ2v) is 3.99. The second kappa shape index (κ2) is 6.76. The van der Waals surface area contributed by atoms with Crippen LogP contribution in [0.3, 0.4) is 0 Å². The summed E-state index contributed by atoms with van der Waals surface area (Å²) in [6.45, 7) is 0.973. The van der Waals surface area contributed by atoms with E-state index < -0.39 is 29.0 Å². The van der Waals surface area contributed by atoms with Gasteiger partial charge < -0.3 is 5.11 Å². The molecule has 0 saturated carbocycles. The van der Waals surface area contributed by atoms with E-state index in [0.29, 0.717) is 5.56 Å². The van der Waals surface area contributed by atoms with E-state index in [1.54, 1.807) is 0 Å². The van der Waals surface area contributed by atoms with Gasteiger partial charge in [-0.15, -0.1) is 0 Å². The average molecular weight is 300 g/mol. The smallest absolute Gasteiger partial charge is 0.416 e. The molecular formula is C13H11F3N2O3. The van der Waals surface area contributed by atoms with Crippen molar-refractivity contribution in [2.75, 3.05) is 0 Å². The van der Waals surface area contributed by atoms with Crippen LogP contribution in [0.15, 0.2) is 35.6 Å². The van der Waals surface area contributed by atoms with E-state index in [2.05, 4.69) is 0 Å². The topological polar surface area (TPSA) is 82.3 Å². The van der Waals surface area contributed by atoms with Crippen LogP contribution >= 0.6 is 0 Å². The van der Waals surface area contributed by atoms with Gasteiger partial charge in [0.1, 0.15) is 11.8 Å². The maximum Gasteiger partial charge on any atom is 0.416 e. The molecule has 5 nitrogen and oxygen atoms in total. The van der Waals surface area contributed by atoms with E-state index in [-0.39, 0.29) is 6.61 Å². The highest BCUT2D eigenvalue weighted by Gasteiger charge is 2.29. The number of nitrogens with zero attached hydrogens (tertiary/aromatic N) is 1. The highest BCUT2D eigenvalue weighted by molar-refractivity contribution is 5.96. The third kappa shape index (κ3) is 4.81. The van der Waals surface area contributed by atoms with Crippen molar-refractivity contribution in [1.82, 2.24) is 5.48 Å². The molecule has 2 N–H and O–H groups in total. The first-order valence-electron chi connectivity index (χ1n) is 5.64. The summed E-state index contributed by atoms with van der Waals surface area (Å²) in [4.78, 5) is 16.1. The monoisotopic (exact) mass is 300 g/mol. The molecule has 0 fully saturated rings. The molecule has 1 rings (SSSR count). The van der Waals surface area contributed by atoms with Crippen molar-refractivity contribution in [2.45, 2.75) is 19.7 Å². The molecule has 0 heterocycles. The van der Waals surface area contributed by atoms with Crippen LogP contribution in [-0.2, 0) is 22.4 Å². The van der Waals surface area contributed by atoms with Crippen LogP contribution in [0, 0.1) is 11.3 Å². The van der Waals surface area contributed by atoms with Crippen molar-refractivity contribution < 1.29 is 27.9 Å².